The number of halogens is 1. The van der Waals surface area contributed by atoms with Crippen molar-refractivity contribution in [2.75, 3.05) is 6.16 Å². The van der Waals surface area contributed by atoms with Crippen molar-refractivity contribution in [2.45, 2.75) is 38.3 Å². The van der Waals surface area contributed by atoms with Crippen LogP contribution in [0.5, 0.6) is 0 Å². The molecule has 0 radical (unpaired) electrons. The van der Waals surface area contributed by atoms with Crippen molar-refractivity contribution in [3.63, 3.8) is 0 Å². The fourth-order valence-electron chi connectivity index (χ4n) is 1.44. The van der Waals surface area contributed by atoms with Crippen LogP contribution in [0.1, 0.15) is 32.6 Å². The van der Waals surface area contributed by atoms with Gasteiger partial charge in [0.25, 0.3) is 0 Å². The Kier molecular flexibility index (Phi) is 3.29. The maximum atomic E-state index is 6.14. The van der Waals surface area contributed by atoms with Gasteiger partial charge in [-0.15, -0.1) is 0 Å². The topological polar surface area (TPSA) is 0 Å². The molecule has 0 aromatic heterocycles. The Hall–Kier alpha value is 0.720. The SMILES string of the molecule is CCP(Cl)C1CCCC1. The zero-order chi connectivity index (χ0) is 6.69. The minimum Gasteiger partial charge on any atom is -0.0961 e. The first-order chi connectivity index (χ1) is 4.34. The Bertz CT molecular complexity index is 79.0. The molecule has 1 aliphatic carbocycles. The molecule has 0 nitrogen and oxygen atoms in total. The van der Waals surface area contributed by atoms with Gasteiger partial charge in [-0.25, -0.2) is 0 Å². The second-order valence-electron chi connectivity index (χ2n) is 2.65. The van der Waals surface area contributed by atoms with Gasteiger partial charge in [0.05, 0.1) is 0 Å². The van der Waals surface area contributed by atoms with Gasteiger partial charge in [0.1, 0.15) is 0 Å². The van der Waals surface area contributed by atoms with Crippen LogP contribution < -0.4 is 0 Å². The summed E-state index contributed by atoms with van der Waals surface area (Å²) >= 11 is 6.14. The van der Waals surface area contributed by atoms with Gasteiger partial charge in [-0.05, 0) is 31.9 Å². The summed E-state index contributed by atoms with van der Waals surface area (Å²) in [5.41, 5.74) is 0.909. The fourth-order valence-corrected chi connectivity index (χ4v) is 3.47. The van der Waals surface area contributed by atoms with Gasteiger partial charge in [0.15, 0.2) is 0 Å². The van der Waals surface area contributed by atoms with E-state index in [1.54, 1.807) is 0 Å². The molecule has 0 aliphatic heterocycles. The minimum atomic E-state index is -0.107. The molecule has 54 valence electrons. The maximum Gasteiger partial charge on any atom is -0.00684 e. The smallest absolute Gasteiger partial charge is 0.00684 e. The van der Waals surface area contributed by atoms with E-state index in [1.807, 2.05) is 0 Å². The van der Waals surface area contributed by atoms with Crippen molar-refractivity contribution in [1.29, 1.82) is 0 Å². The normalized spacial score (nSPS) is 24.7. The number of hydrogen-bond donors (Lipinski definition) is 0. The lowest BCUT2D eigenvalue weighted by molar-refractivity contribution is 0.886. The van der Waals surface area contributed by atoms with E-state index in [-0.39, 0.29) is 7.27 Å². The first kappa shape index (κ1) is 7.82. The first-order valence-electron chi connectivity index (χ1n) is 3.77. The van der Waals surface area contributed by atoms with Crippen molar-refractivity contribution < 1.29 is 0 Å². The van der Waals surface area contributed by atoms with Gasteiger partial charge in [-0.1, -0.05) is 31.0 Å². The lowest BCUT2D eigenvalue weighted by atomic mass is 10.4. The summed E-state index contributed by atoms with van der Waals surface area (Å²) in [6.07, 6.45) is 6.88. The molecule has 1 unspecified atom stereocenters. The van der Waals surface area contributed by atoms with Crippen molar-refractivity contribution in [3.8, 4) is 0 Å². The Morgan fingerprint density at radius 3 is 2.44 bits per heavy atom. The Balaban J connectivity index is 2.24. The maximum absolute atomic E-state index is 6.14. The third kappa shape index (κ3) is 2.09. The van der Waals surface area contributed by atoms with Crippen molar-refractivity contribution >= 4 is 18.5 Å². The molecule has 0 heterocycles. The van der Waals surface area contributed by atoms with Crippen LogP contribution in [0.15, 0.2) is 0 Å². The predicted molar refractivity (Wildman–Crippen MR) is 45.6 cm³/mol. The summed E-state index contributed by atoms with van der Waals surface area (Å²) < 4.78 is 0. The van der Waals surface area contributed by atoms with E-state index in [0.29, 0.717) is 0 Å². The van der Waals surface area contributed by atoms with Gasteiger partial charge in [-0.2, -0.15) is 0 Å². The molecule has 0 aromatic carbocycles. The molecular formula is C7H14ClP. The summed E-state index contributed by atoms with van der Waals surface area (Å²) in [6, 6.07) is 0. The molecule has 0 bridgehead atoms. The molecule has 0 spiro atoms. The second kappa shape index (κ2) is 3.78. The van der Waals surface area contributed by atoms with Crippen LogP contribution >= 0.6 is 18.5 Å². The van der Waals surface area contributed by atoms with Gasteiger partial charge in [0, 0.05) is 0 Å². The standard InChI is InChI=1S/C7H14ClP/c1-2-9(8)7-5-3-4-6-7/h7H,2-6H2,1H3. The van der Waals surface area contributed by atoms with Crippen molar-refractivity contribution in [3.05, 3.63) is 0 Å². The molecule has 1 fully saturated rings. The van der Waals surface area contributed by atoms with Crippen LogP contribution in [0, 0.1) is 0 Å². The summed E-state index contributed by atoms with van der Waals surface area (Å²) in [4.78, 5) is 0. The highest BCUT2D eigenvalue weighted by Gasteiger charge is 2.21. The monoisotopic (exact) mass is 164 g/mol. The highest BCUT2D eigenvalue weighted by atomic mass is 35.7. The van der Waals surface area contributed by atoms with E-state index < -0.39 is 0 Å². The molecule has 9 heavy (non-hydrogen) atoms. The molecule has 0 saturated heterocycles. The van der Waals surface area contributed by atoms with Crippen LogP contribution in [-0.2, 0) is 0 Å². The molecule has 0 N–H and O–H groups in total. The molecule has 1 saturated carbocycles. The molecule has 0 amide bonds. The van der Waals surface area contributed by atoms with E-state index >= 15 is 0 Å². The zero-order valence-corrected chi connectivity index (χ0v) is 7.59. The largest absolute Gasteiger partial charge is 0.0961 e. The minimum absolute atomic E-state index is 0.107. The van der Waals surface area contributed by atoms with Gasteiger partial charge in [-0.3, -0.25) is 0 Å². The lowest BCUT2D eigenvalue weighted by Crippen LogP contribution is -1.95. The highest BCUT2D eigenvalue weighted by Crippen LogP contribution is 2.52. The molecule has 1 aliphatic rings. The highest BCUT2D eigenvalue weighted by molar-refractivity contribution is 7.84. The van der Waals surface area contributed by atoms with Crippen LogP contribution in [-0.4, -0.2) is 11.8 Å². The van der Waals surface area contributed by atoms with E-state index in [4.69, 9.17) is 11.2 Å². The van der Waals surface area contributed by atoms with Gasteiger partial charge >= 0.3 is 0 Å². The molecule has 0 aromatic rings. The summed E-state index contributed by atoms with van der Waals surface area (Å²) in [5.74, 6) is 0. The Morgan fingerprint density at radius 2 is 2.00 bits per heavy atom. The summed E-state index contributed by atoms with van der Waals surface area (Å²) in [7, 11) is -0.107. The van der Waals surface area contributed by atoms with Crippen LogP contribution in [0.4, 0.5) is 0 Å². The fraction of sp³-hybridized carbons (Fsp3) is 1.00. The Labute approximate surface area is 63.5 Å². The van der Waals surface area contributed by atoms with Gasteiger partial charge < -0.3 is 0 Å². The molecule has 1 atom stereocenters. The second-order valence-corrected chi connectivity index (χ2v) is 6.12. The van der Waals surface area contributed by atoms with E-state index in [0.717, 1.165) is 5.66 Å². The predicted octanol–water partition coefficient (Wildman–Crippen LogP) is 3.58. The third-order valence-corrected chi connectivity index (χ3v) is 5.48. The van der Waals surface area contributed by atoms with E-state index in [9.17, 15) is 0 Å². The van der Waals surface area contributed by atoms with Crippen molar-refractivity contribution in [1.82, 2.24) is 0 Å². The van der Waals surface area contributed by atoms with Crippen LogP contribution in [0.3, 0.4) is 0 Å². The van der Waals surface area contributed by atoms with Crippen LogP contribution in [0.25, 0.3) is 0 Å². The molecule has 1 rings (SSSR count). The van der Waals surface area contributed by atoms with E-state index in [1.165, 1.54) is 31.8 Å². The molecule has 2 heteroatoms. The average molecular weight is 165 g/mol. The third-order valence-electron chi connectivity index (χ3n) is 2.02. The zero-order valence-electron chi connectivity index (χ0n) is 5.94. The number of rotatable bonds is 2. The van der Waals surface area contributed by atoms with E-state index in [2.05, 4.69) is 6.92 Å². The number of hydrogen-bond acceptors (Lipinski definition) is 0. The quantitative estimate of drug-likeness (QED) is 0.548. The average Bonchev–Trinajstić information content (AvgIpc) is 2.37. The Morgan fingerprint density at radius 1 is 1.44 bits per heavy atom. The molecular weight excluding hydrogens is 151 g/mol. The van der Waals surface area contributed by atoms with Crippen LogP contribution in [0.2, 0.25) is 0 Å². The lowest BCUT2D eigenvalue weighted by Gasteiger charge is -2.13. The summed E-state index contributed by atoms with van der Waals surface area (Å²) in [5, 5.41) is 0. The summed E-state index contributed by atoms with van der Waals surface area (Å²) in [6.45, 7) is 2.21. The first-order valence-corrected chi connectivity index (χ1v) is 6.27. The van der Waals surface area contributed by atoms with Gasteiger partial charge in [0.2, 0.25) is 0 Å². The van der Waals surface area contributed by atoms with Crippen molar-refractivity contribution in [2.24, 2.45) is 0 Å².